The zero-order valence-electron chi connectivity index (χ0n) is 7.44. The van der Waals surface area contributed by atoms with Crippen LogP contribution in [0.2, 0.25) is 0 Å². The molecule has 0 aromatic heterocycles. The minimum Gasteiger partial charge on any atom is -0.397 e. The molecule has 0 heterocycles. The molecule has 13 heavy (non-hydrogen) atoms. The minimum absolute atomic E-state index is 0.335. The highest BCUT2D eigenvalue weighted by molar-refractivity contribution is 9.10. The van der Waals surface area contributed by atoms with Crippen molar-refractivity contribution in [3.05, 3.63) is 22.4 Å². The molecule has 5 heteroatoms. The van der Waals surface area contributed by atoms with Crippen molar-refractivity contribution in [1.82, 2.24) is 5.01 Å². The highest BCUT2D eigenvalue weighted by Gasteiger charge is 2.05. The number of nitrogens with one attached hydrogen (secondary N) is 1. The smallest absolute Gasteiger partial charge is 0.139 e. The van der Waals surface area contributed by atoms with Gasteiger partial charge in [-0.15, -0.1) is 0 Å². The highest BCUT2D eigenvalue weighted by Crippen LogP contribution is 2.26. The molecule has 0 saturated heterocycles. The fourth-order valence-corrected chi connectivity index (χ4v) is 1.26. The standard InChI is InChI=1S/C8H11BrFN3/c1-13(2)12-8-4-6(10)5(9)3-7(8)11/h3-4,12H,11H2,1-2H3. The summed E-state index contributed by atoms with van der Waals surface area (Å²) in [6.07, 6.45) is 0. The minimum atomic E-state index is -0.335. The first-order valence-electron chi connectivity index (χ1n) is 3.69. The van der Waals surface area contributed by atoms with Crippen LogP contribution in [0.3, 0.4) is 0 Å². The predicted molar refractivity (Wildman–Crippen MR) is 55.8 cm³/mol. The summed E-state index contributed by atoms with van der Waals surface area (Å²) in [5.74, 6) is -0.335. The van der Waals surface area contributed by atoms with Crippen LogP contribution in [-0.2, 0) is 0 Å². The van der Waals surface area contributed by atoms with Gasteiger partial charge in [0.1, 0.15) is 5.82 Å². The molecule has 0 bridgehead atoms. The summed E-state index contributed by atoms with van der Waals surface area (Å²) in [6, 6.07) is 2.88. The molecule has 3 nitrogen and oxygen atoms in total. The third kappa shape index (κ3) is 2.57. The van der Waals surface area contributed by atoms with Crippen molar-refractivity contribution in [3.63, 3.8) is 0 Å². The summed E-state index contributed by atoms with van der Waals surface area (Å²) in [5.41, 5.74) is 9.60. The molecule has 0 fully saturated rings. The number of nitrogen functional groups attached to an aromatic ring is 1. The summed E-state index contributed by atoms with van der Waals surface area (Å²) < 4.78 is 13.4. The fourth-order valence-electron chi connectivity index (χ4n) is 0.900. The Kier molecular flexibility index (Phi) is 3.11. The quantitative estimate of drug-likeness (QED) is 0.621. The van der Waals surface area contributed by atoms with Gasteiger partial charge in [0.15, 0.2) is 0 Å². The topological polar surface area (TPSA) is 41.3 Å². The second-order valence-electron chi connectivity index (χ2n) is 2.86. The molecule has 0 aliphatic heterocycles. The van der Waals surface area contributed by atoms with Gasteiger partial charge in [0, 0.05) is 20.2 Å². The normalized spacial score (nSPS) is 10.5. The van der Waals surface area contributed by atoms with Crippen LogP contribution < -0.4 is 11.2 Å². The molecule has 0 amide bonds. The average Bonchev–Trinajstić information content (AvgIpc) is 1.99. The number of rotatable bonds is 2. The fraction of sp³-hybridized carbons (Fsp3) is 0.250. The number of benzene rings is 1. The summed E-state index contributed by atoms with van der Waals surface area (Å²) in [5, 5.41) is 1.69. The molecule has 3 N–H and O–H groups in total. The lowest BCUT2D eigenvalue weighted by atomic mass is 10.3. The van der Waals surface area contributed by atoms with Gasteiger partial charge in [-0.1, -0.05) is 0 Å². The second kappa shape index (κ2) is 3.93. The summed E-state index contributed by atoms with van der Waals surface area (Å²) >= 11 is 3.05. The van der Waals surface area contributed by atoms with Gasteiger partial charge in [-0.05, 0) is 22.0 Å². The van der Waals surface area contributed by atoms with Gasteiger partial charge in [-0.2, -0.15) is 0 Å². The molecule has 1 aromatic rings. The van der Waals surface area contributed by atoms with Gasteiger partial charge >= 0.3 is 0 Å². The van der Waals surface area contributed by atoms with Crippen molar-refractivity contribution in [2.24, 2.45) is 0 Å². The third-order valence-electron chi connectivity index (χ3n) is 1.44. The molecule has 0 spiro atoms. The summed E-state index contributed by atoms with van der Waals surface area (Å²) in [4.78, 5) is 0. The highest BCUT2D eigenvalue weighted by atomic mass is 79.9. The number of nitrogens with two attached hydrogens (primary N) is 1. The van der Waals surface area contributed by atoms with E-state index < -0.39 is 0 Å². The van der Waals surface area contributed by atoms with Crippen molar-refractivity contribution in [2.75, 3.05) is 25.3 Å². The Morgan fingerprint density at radius 3 is 2.62 bits per heavy atom. The maximum atomic E-state index is 13.0. The van der Waals surface area contributed by atoms with E-state index in [2.05, 4.69) is 21.4 Å². The van der Waals surface area contributed by atoms with Crippen molar-refractivity contribution in [2.45, 2.75) is 0 Å². The Morgan fingerprint density at radius 1 is 1.46 bits per heavy atom. The van der Waals surface area contributed by atoms with Crippen molar-refractivity contribution in [1.29, 1.82) is 0 Å². The Bertz CT molecular complexity index is 315. The molecule has 0 aliphatic carbocycles. The number of halogens is 2. The van der Waals surface area contributed by atoms with E-state index in [1.807, 2.05) is 0 Å². The number of hydrogen-bond donors (Lipinski definition) is 2. The maximum absolute atomic E-state index is 13.0. The van der Waals surface area contributed by atoms with E-state index in [1.165, 1.54) is 12.1 Å². The molecule has 0 atom stereocenters. The molecule has 0 saturated carbocycles. The number of anilines is 2. The van der Waals surface area contributed by atoms with E-state index in [0.717, 1.165) is 0 Å². The van der Waals surface area contributed by atoms with Gasteiger partial charge in [0.25, 0.3) is 0 Å². The molecule has 72 valence electrons. The largest absolute Gasteiger partial charge is 0.397 e. The van der Waals surface area contributed by atoms with Crippen LogP contribution in [0.4, 0.5) is 15.8 Å². The van der Waals surface area contributed by atoms with Gasteiger partial charge in [-0.3, -0.25) is 0 Å². The molecule has 1 aromatic carbocycles. The van der Waals surface area contributed by atoms with Crippen LogP contribution in [0.1, 0.15) is 0 Å². The number of hydrazine groups is 1. The SMILES string of the molecule is CN(C)Nc1cc(F)c(Br)cc1N. The first kappa shape index (κ1) is 10.3. The predicted octanol–water partition coefficient (Wildman–Crippen LogP) is 2.06. The molecule has 1 rings (SSSR count). The number of hydrogen-bond acceptors (Lipinski definition) is 3. The number of nitrogens with zero attached hydrogens (tertiary/aromatic N) is 1. The lowest BCUT2D eigenvalue weighted by Crippen LogP contribution is -2.20. The van der Waals surface area contributed by atoms with E-state index in [1.54, 1.807) is 19.1 Å². The van der Waals surface area contributed by atoms with Crippen LogP contribution in [0.25, 0.3) is 0 Å². The average molecular weight is 248 g/mol. The summed E-state index contributed by atoms with van der Waals surface area (Å²) in [6.45, 7) is 0. The van der Waals surface area contributed by atoms with Crippen LogP contribution in [0.5, 0.6) is 0 Å². The summed E-state index contributed by atoms with van der Waals surface area (Å²) in [7, 11) is 3.61. The van der Waals surface area contributed by atoms with Gasteiger partial charge in [-0.25, -0.2) is 9.40 Å². The van der Waals surface area contributed by atoms with Crippen LogP contribution >= 0.6 is 15.9 Å². The zero-order valence-corrected chi connectivity index (χ0v) is 9.02. The lowest BCUT2D eigenvalue weighted by molar-refractivity contribution is 0.494. The van der Waals surface area contributed by atoms with E-state index >= 15 is 0 Å². The molecule has 0 aliphatic rings. The van der Waals surface area contributed by atoms with Crippen molar-refractivity contribution >= 4 is 27.3 Å². The van der Waals surface area contributed by atoms with E-state index in [4.69, 9.17) is 5.73 Å². The Balaban J connectivity index is 3.01. The van der Waals surface area contributed by atoms with Crippen molar-refractivity contribution in [3.8, 4) is 0 Å². The second-order valence-corrected chi connectivity index (χ2v) is 3.71. The van der Waals surface area contributed by atoms with E-state index in [0.29, 0.717) is 15.8 Å². The van der Waals surface area contributed by atoms with Crippen molar-refractivity contribution < 1.29 is 4.39 Å². The molecular weight excluding hydrogens is 237 g/mol. The van der Waals surface area contributed by atoms with Gasteiger partial charge < -0.3 is 11.2 Å². The third-order valence-corrected chi connectivity index (χ3v) is 2.04. The zero-order chi connectivity index (χ0) is 10.0. The van der Waals surface area contributed by atoms with Gasteiger partial charge in [0.05, 0.1) is 15.8 Å². The Morgan fingerprint density at radius 2 is 2.08 bits per heavy atom. The Hall–Kier alpha value is -0.810. The monoisotopic (exact) mass is 247 g/mol. The lowest BCUT2D eigenvalue weighted by Gasteiger charge is -2.15. The van der Waals surface area contributed by atoms with Crippen LogP contribution in [0, 0.1) is 5.82 Å². The molecule has 0 radical (unpaired) electrons. The maximum Gasteiger partial charge on any atom is 0.139 e. The first-order valence-corrected chi connectivity index (χ1v) is 4.48. The van der Waals surface area contributed by atoms with Gasteiger partial charge in [0.2, 0.25) is 0 Å². The Labute approximate surface area is 84.8 Å². The molecule has 0 unspecified atom stereocenters. The molecular formula is C8H11BrFN3. The van der Waals surface area contributed by atoms with E-state index in [9.17, 15) is 4.39 Å². The van der Waals surface area contributed by atoms with Crippen LogP contribution in [0.15, 0.2) is 16.6 Å². The van der Waals surface area contributed by atoms with E-state index in [-0.39, 0.29) is 5.82 Å². The first-order chi connectivity index (χ1) is 6.00. The van der Waals surface area contributed by atoms with Crippen LogP contribution in [-0.4, -0.2) is 19.1 Å².